The number of halogens is 1. The third-order valence-electron chi connectivity index (χ3n) is 3.82. The summed E-state index contributed by atoms with van der Waals surface area (Å²) in [4.78, 5) is 15.8. The standard InChI is InChI=1S/C17H17BrN2O4/c1-3-10-8-13(21)24-16-14(10)15(22)19-17(20-16)23-9(2)11-6-4-5-7-12(11)18/h4-9,15,22H,3H2,1-2H3,(H,19,20)/t9-,15?/m0/s1. The zero-order valence-electron chi connectivity index (χ0n) is 13.2. The molecule has 0 amide bonds. The maximum absolute atomic E-state index is 11.6. The Morgan fingerprint density at radius 1 is 1.46 bits per heavy atom. The third-order valence-corrected chi connectivity index (χ3v) is 4.54. The summed E-state index contributed by atoms with van der Waals surface area (Å²) in [6.07, 6.45) is -0.866. The fourth-order valence-corrected chi connectivity index (χ4v) is 3.23. The van der Waals surface area contributed by atoms with Gasteiger partial charge in [0.15, 0.2) is 6.23 Å². The maximum Gasteiger partial charge on any atom is 0.337 e. The zero-order chi connectivity index (χ0) is 17.3. The van der Waals surface area contributed by atoms with Crippen LogP contribution in [0.5, 0.6) is 0 Å². The van der Waals surface area contributed by atoms with Gasteiger partial charge in [0.05, 0.1) is 5.56 Å². The van der Waals surface area contributed by atoms with Gasteiger partial charge >= 0.3 is 5.63 Å². The number of rotatable bonds is 3. The number of anilines is 1. The Bertz CT molecular complexity index is 847. The summed E-state index contributed by atoms with van der Waals surface area (Å²) >= 11 is 3.48. The lowest BCUT2D eigenvalue weighted by atomic mass is 10.1. The summed E-state index contributed by atoms with van der Waals surface area (Å²) in [6, 6.07) is 9.15. The Labute approximate surface area is 147 Å². The molecule has 3 rings (SSSR count). The Morgan fingerprint density at radius 2 is 2.21 bits per heavy atom. The fourth-order valence-electron chi connectivity index (χ4n) is 2.62. The Balaban J connectivity index is 1.87. The first kappa shape index (κ1) is 16.7. The number of nitrogens with zero attached hydrogens (tertiary/aromatic N) is 1. The molecule has 0 bridgehead atoms. The highest BCUT2D eigenvalue weighted by Crippen LogP contribution is 2.32. The molecule has 0 saturated carbocycles. The van der Waals surface area contributed by atoms with Crippen molar-refractivity contribution in [2.75, 3.05) is 5.32 Å². The molecule has 0 spiro atoms. The molecule has 1 aromatic heterocycles. The summed E-state index contributed by atoms with van der Waals surface area (Å²) in [7, 11) is 0. The van der Waals surface area contributed by atoms with Crippen LogP contribution in [0.15, 0.2) is 49.0 Å². The SMILES string of the molecule is CCc1cc(=O)oc2c1C(O)N=C(O[C@@H](C)c1ccccc1Br)N2. The van der Waals surface area contributed by atoms with E-state index in [1.54, 1.807) is 0 Å². The number of amidine groups is 1. The van der Waals surface area contributed by atoms with E-state index >= 15 is 0 Å². The Hall–Kier alpha value is -2.12. The fraction of sp³-hybridized carbons (Fsp3) is 0.294. The minimum absolute atomic E-state index is 0.106. The van der Waals surface area contributed by atoms with Crippen LogP contribution in [0.25, 0.3) is 0 Å². The normalized spacial score (nSPS) is 17.5. The van der Waals surface area contributed by atoms with Crippen molar-refractivity contribution in [2.45, 2.75) is 32.6 Å². The largest absolute Gasteiger partial charge is 0.457 e. The van der Waals surface area contributed by atoms with E-state index < -0.39 is 11.9 Å². The Morgan fingerprint density at radius 3 is 2.92 bits per heavy atom. The highest BCUT2D eigenvalue weighted by Gasteiger charge is 2.27. The van der Waals surface area contributed by atoms with E-state index in [2.05, 4.69) is 26.2 Å². The second-order valence-electron chi connectivity index (χ2n) is 5.40. The van der Waals surface area contributed by atoms with Crippen LogP contribution in [0.3, 0.4) is 0 Å². The number of hydrogen-bond donors (Lipinski definition) is 2. The number of aliphatic hydroxyl groups is 1. The molecule has 0 fully saturated rings. The molecule has 7 heteroatoms. The molecule has 1 aromatic carbocycles. The molecule has 1 aliphatic rings. The minimum atomic E-state index is -1.14. The predicted molar refractivity (Wildman–Crippen MR) is 94.0 cm³/mol. The van der Waals surface area contributed by atoms with Gasteiger partial charge in [-0.3, -0.25) is 5.32 Å². The number of aliphatic hydroxyl groups excluding tert-OH is 1. The second-order valence-corrected chi connectivity index (χ2v) is 6.26. The first-order valence-corrected chi connectivity index (χ1v) is 8.39. The van der Waals surface area contributed by atoms with Crippen LogP contribution in [0.1, 0.15) is 42.9 Å². The first-order chi connectivity index (χ1) is 11.5. The van der Waals surface area contributed by atoms with E-state index in [1.165, 1.54) is 6.07 Å². The van der Waals surface area contributed by atoms with E-state index in [0.29, 0.717) is 17.5 Å². The van der Waals surface area contributed by atoms with Gasteiger partial charge in [0.2, 0.25) is 5.88 Å². The van der Waals surface area contributed by atoms with Crippen molar-refractivity contribution >= 4 is 27.8 Å². The van der Waals surface area contributed by atoms with Crippen molar-refractivity contribution in [1.29, 1.82) is 0 Å². The van der Waals surface area contributed by atoms with Crippen LogP contribution in [-0.2, 0) is 11.2 Å². The van der Waals surface area contributed by atoms with Gasteiger partial charge in [-0.2, -0.15) is 4.99 Å². The third kappa shape index (κ3) is 3.22. The van der Waals surface area contributed by atoms with Crippen molar-refractivity contribution in [1.82, 2.24) is 0 Å². The number of fused-ring (bicyclic) bond motifs is 1. The number of aryl methyl sites for hydroxylation is 1. The van der Waals surface area contributed by atoms with Gasteiger partial charge in [0.25, 0.3) is 6.02 Å². The van der Waals surface area contributed by atoms with Crippen LogP contribution in [-0.4, -0.2) is 11.1 Å². The number of aliphatic imine (C=N–C) groups is 1. The predicted octanol–water partition coefficient (Wildman–Crippen LogP) is 3.51. The topological polar surface area (TPSA) is 84.1 Å². The highest BCUT2D eigenvalue weighted by molar-refractivity contribution is 9.10. The van der Waals surface area contributed by atoms with E-state index in [-0.39, 0.29) is 18.0 Å². The minimum Gasteiger partial charge on any atom is -0.457 e. The zero-order valence-corrected chi connectivity index (χ0v) is 14.8. The van der Waals surface area contributed by atoms with Crippen LogP contribution in [0.2, 0.25) is 0 Å². The van der Waals surface area contributed by atoms with E-state index in [4.69, 9.17) is 9.15 Å². The van der Waals surface area contributed by atoms with Gasteiger partial charge in [-0.1, -0.05) is 41.1 Å². The number of hydrogen-bond acceptors (Lipinski definition) is 6. The molecular formula is C17H17BrN2O4. The molecule has 2 N–H and O–H groups in total. The molecule has 1 unspecified atom stereocenters. The summed E-state index contributed by atoms with van der Waals surface area (Å²) in [5.41, 5.74) is 1.62. The lowest BCUT2D eigenvalue weighted by Crippen LogP contribution is -2.26. The van der Waals surface area contributed by atoms with Crippen molar-refractivity contribution in [3.8, 4) is 0 Å². The molecule has 1 aliphatic heterocycles. The van der Waals surface area contributed by atoms with E-state index in [9.17, 15) is 9.90 Å². The van der Waals surface area contributed by atoms with Gasteiger partial charge in [0, 0.05) is 16.1 Å². The monoisotopic (exact) mass is 392 g/mol. The molecule has 126 valence electrons. The van der Waals surface area contributed by atoms with Crippen molar-refractivity contribution in [2.24, 2.45) is 4.99 Å². The molecule has 2 atom stereocenters. The molecule has 0 aliphatic carbocycles. The van der Waals surface area contributed by atoms with Crippen LogP contribution in [0, 0.1) is 0 Å². The van der Waals surface area contributed by atoms with Gasteiger partial charge < -0.3 is 14.3 Å². The number of nitrogens with one attached hydrogen (secondary N) is 1. The van der Waals surface area contributed by atoms with E-state index in [1.807, 2.05) is 38.1 Å². The van der Waals surface area contributed by atoms with Crippen molar-refractivity contribution < 1.29 is 14.3 Å². The molecule has 0 radical (unpaired) electrons. The van der Waals surface area contributed by atoms with Crippen LogP contribution in [0.4, 0.5) is 5.88 Å². The molecule has 2 aromatic rings. The molecule has 6 nitrogen and oxygen atoms in total. The van der Waals surface area contributed by atoms with Crippen LogP contribution >= 0.6 is 15.9 Å². The smallest absolute Gasteiger partial charge is 0.337 e. The maximum atomic E-state index is 11.6. The lowest BCUT2D eigenvalue weighted by Gasteiger charge is -2.24. The molecule has 2 heterocycles. The van der Waals surface area contributed by atoms with Gasteiger partial charge in [-0.25, -0.2) is 4.79 Å². The average molecular weight is 393 g/mol. The van der Waals surface area contributed by atoms with E-state index in [0.717, 1.165) is 10.0 Å². The summed E-state index contributed by atoms with van der Waals surface area (Å²) < 4.78 is 11.9. The quantitative estimate of drug-likeness (QED) is 0.834. The first-order valence-electron chi connectivity index (χ1n) is 7.60. The highest BCUT2D eigenvalue weighted by atomic mass is 79.9. The number of benzene rings is 1. The molecule has 0 saturated heterocycles. The summed E-state index contributed by atoms with van der Waals surface area (Å²) in [5, 5.41) is 13.1. The summed E-state index contributed by atoms with van der Waals surface area (Å²) in [6.45, 7) is 3.76. The van der Waals surface area contributed by atoms with Crippen molar-refractivity contribution in [3.05, 3.63) is 61.9 Å². The van der Waals surface area contributed by atoms with Crippen molar-refractivity contribution in [3.63, 3.8) is 0 Å². The average Bonchev–Trinajstić information content (AvgIpc) is 2.53. The Kier molecular flexibility index (Phi) is 4.73. The lowest BCUT2D eigenvalue weighted by molar-refractivity contribution is 0.162. The van der Waals surface area contributed by atoms with Gasteiger partial charge in [-0.05, 0) is 25.0 Å². The number of ether oxygens (including phenoxy) is 1. The van der Waals surface area contributed by atoms with Gasteiger partial charge in [-0.15, -0.1) is 0 Å². The van der Waals surface area contributed by atoms with Gasteiger partial charge in [0.1, 0.15) is 6.10 Å². The van der Waals surface area contributed by atoms with Crippen LogP contribution < -0.4 is 10.9 Å². The molecular weight excluding hydrogens is 376 g/mol. The molecule has 24 heavy (non-hydrogen) atoms. The second kappa shape index (κ2) is 6.78. The summed E-state index contributed by atoms with van der Waals surface area (Å²) in [5.74, 6) is 0.177.